The number of fused-ring (bicyclic) bond motifs is 1. The molecule has 0 bridgehead atoms. The standard InChI is InChI=1S/C17H18N2O3/c1-11-9-13(3-6-16(11)19(20)21)17-15-5-4-14(22-2)10-12(15)7-8-18-17/h3-6,9-10,17-18H,7-8H2,1-2H3. The van der Waals surface area contributed by atoms with Crippen molar-refractivity contribution in [3.63, 3.8) is 0 Å². The summed E-state index contributed by atoms with van der Waals surface area (Å²) in [5.41, 5.74) is 4.37. The quantitative estimate of drug-likeness (QED) is 0.698. The molecule has 1 aliphatic rings. The Morgan fingerprint density at radius 2 is 2.09 bits per heavy atom. The highest BCUT2D eigenvalue weighted by atomic mass is 16.6. The zero-order valence-electron chi connectivity index (χ0n) is 12.6. The van der Waals surface area contributed by atoms with Crippen molar-refractivity contribution in [2.24, 2.45) is 0 Å². The average Bonchev–Trinajstić information content (AvgIpc) is 2.53. The summed E-state index contributed by atoms with van der Waals surface area (Å²) in [6.45, 7) is 2.65. The van der Waals surface area contributed by atoms with Crippen LogP contribution in [0.25, 0.3) is 0 Å². The maximum Gasteiger partial charge on any atom is 0.272 e. The smallest absolute Gasteiger partial charge is 0.272 e. The number of ether oxygens (including phenoxy) is 1. The number of rotatable bonds is 3. The average molecular weight is 298 g/mol. The third-order valence-electron chi connectivity index (χ3n) is 4.15. The molecule has 5 heteroatoms. The molecule has 2 aromatic carbocycles. The molecule has 1 unspecified atom stereocenters. The van der Waals surface area contributed by atoms with Crippen molar-refractivity contribution in [1.29, 1.82) is 0 Å². The van der Waals surface area contributed by atoms with Gasteiger partial charge in [0.25, 0.3) is 5.69 Å². The van der Waals surface area contributed by atoms with Crippen molar-refractivity contribution in [3.05, 3.63) is 68.8 Å². The van der Waals surface area contributed by atoms with Gasteiger partial charge < -0.3 is 10.1 Å². The van der Waals surface area contributed by atoms with Gasteiger partial charge in [-0.3, -0.25) is 10.1 Å². The van der Waals surface area contributed by atoms with Crippen LogP contribution in [0, 0.1) is 17.0 Å². The van der Waals surface area contributed by atoms with Crippen LogP contribution >= 0.6 is 0 Å². The number of hydrogen-bond acceptors (Lipinski definition) is 4. The van der Waals surface area contributed by atoms with Crippen LogP contribution in [0.1, 0.15) is 28.3 Å². The fourth-order valence-electron chi connectivity index (χ4n) is 3.03. The molecule has 0 spiro atoms. The molecule has 1 atom stereocenters. The number of methoxy groups -OCH3 is 1. The zero-order chi connectivity index (χ0) is 15.7. The molecule has 0 fully saturated rings. The first-order valence-electron chi connectivity index (χ1n) is 7.25. The maximum atomic E-state index is 11.0. The Labute approximate surface area is 129 Å². The van der Waals surface area contributed by atoms with Gasteiger partial charge in [0, 0.05) is 18.2 Å². The molecule has 0 radical (unpaired) electrons. The lowest BCUT2D eigenvalue weighted by Gasteiger charge is -2.28. The highest BCUT2D eigenvalue weighted by molar-refractivity contribution is 5.48. The minimum Gasteiger partial charge on any atom is -0.497 e. The van der Waals surface area contributed by atoms with Crippen molar-refractivity contribution < 1.29 is 9.66 Å². The summed E-state index contributed by atoms with van der Waals surface area (Å²) in [6, 6.07) is 11.5. The van der Waals surface area contributed by atoms with E-state index < -0.39 is 0 Å². The Kier molecular flexibility index (Phi) is 3.81. The van der Waals surface area contributed by atoms with Gasteiger partial charge in [-0.2, -0.15) is 0 Å². The van der Waals surface area contributed by atoms with Gasteiger partial charge in [-0.25, -0.2) is 0 Å². The highest BCUT2D eigenvalue weighted by Gasteiger charge is 2.23. The molecule has 114 valence electrons. The van der Waals surface area contributed by atoms with Crippen molar-refractivity contribution in [1.82, 2.24) is 5.32 Å². The lowest BCUT2D eigenvalue weighted by Crippen LogP contribution is -2.30. The Balaban J connectivity index is 2.01. The first-order chi connectivity index (χ1) is 10.6. The van der Waals surface area contributed by atoms with Gasteiger partial charge in [0.2, 0.25) is 0 Å². The van der Waals surface area contributed by atoms with Crippen LogP contribution in [0.5, 0.6) is 5.75 Å². The second kappa shape index (κ2) is 5.77. The second-order valence-corrected chi connectivity index (χ2v) is 5.50. The molecule has 0 saturated heterocycles. The minimum absolute atomic E-state index is 0.0640. The predicted molar refractivity (Wildman–Crippen MR) is 84.4 cm³/mol. The molecule has 0 aromatic heterocycles. The fraction of sp³-hybridized carbons (Fsp3) is 0.294. The van der Waals surface area contributed by atoms with E-state index >= 15 is 0 Å². The van der Waals surface area contributed by atoms with E-state index in [2.05, 4.69) is 17.4 Å². The SMILES string of the molecule is COc1ccc2c(c1)CCNC2c1ccc([N+](=O)[O-])c(C)c1. The number of nitrogens with zero attached hydrogens (tertiary/aromatic N) is 1. The number of nitro groups is 1. The molecule has 0 saturated carbocycles. The molecule has 3 rings (SSSR count). The Morgan fingerprint density at radius 1 is 1.27 bits per heavy atom. The lowest BCUT2D eigenvalue weighted by atomic mass is 9.89. The van der Waals surface area contributed by atoms with Crippen molar-refractivity contribution >= 4 is 5.69 Å². The third kappa shape index (κ3) is 2.55. The molecule has 2 aromatic rings. The fourth-order valence-corrected chi connectivity index (χ4v) is 3.03. The maximum absolute atomic E-state index is 11.0. The number of aryl methyl sites for hydroxylation is 1. The normalized spacial score (nSPS) is 16.9. The van der Waals surface area contributed by atoms with E-state index in [0.29, 0.717) is 5.56 Å². The van der Waals surface area contributed by atoms with E-state index in [1.165, 1.54) is 11.1 Å². The van der Waals surface area contributed by atoms with Crippen LogP contribution in [0.2, 0.25) is 0 Å². The largest absolute Gasteiger partial charge is 0.497 e. The highest BCUT2D eigenvalue weighted by Crippen LogP contribution is 2.32. The number of nitrogens with one attached hydrogen (secondary N) is 1. The van der Waals surface area contributed by atoms with E-state index in [1.54, 1.807) is 20.1 Å². The zero-order valence-corrected chi connectivity index (χ0v) is 12.6. The van der Waals surface area contributed by atoms with Crippen LogP contribution in [0.15, 0.2) is 36.4 Å². The summed E-state index contributed by atoms with van der Waals surface area (Å²) in [6.07, 6.45) is 0.953. The summed E-state index contributed by atoms with van der Waals surface area (Å²) in [4.78, 5) is 10.6. The first kappa shape index (κ1) is 14.5. The summed E-state index contributed by atoms with van der Waals surface area (Å²) in [7, 11) is 1.67. The van der Waals surface area contributed by atoms with Crippen molar-refractivity contribution in [3.8, 4) is 5.75 Å². The van der Waals surface area contributed by atoms with Crippen molar-refractivity contribution in [2.75, 3.05) is 13.7 Å². The Hall–Kier alpha value is -2.40. The molecule has 1 N–H and O–H groups in total. The van der Waals surface area contributed by atoms with Crippen LogP contribution < -0.4 is 10.1 Å². The molecule has 5 nitrogen and oxygen atoms in total. The third-order valence-corrected chi connectivity index (χ3v) is 4.15. The van der Waals surface area contributed by atoms with Gasteiger partial charge in [-0.1, -0.05) is 12.1 Å². The monoisotopic (exact) mass is 298 g/mol. The van der Waals surface area contributed by atoms with Gasteiger partial charge in [-0.15, -0.1) is 0 Å². The van der Waals surface area contributed by atoms with Crippen molar-refractivity contribution in [2.45, 2.75) is 19.4 Å². The van der Waals surface area contributed by atoms with E-state index in [1.807, 2.05) is 18.2 Å². The van der Waals surface area contributed by atoms with Crippen LogP contribution in [-0.2, 0) is 6.42 Å². The number of hydrogen-bond donors (Lipinski definition) is 1. The topological polar surface area (TPSA) is 64.4 Å². The van der Waals surface area contributed by atoms with E-state index in [0.717, 1.165) is 24.3 Å². The summed E-state index contributed by atoms with van der Waals surface area (Å²) >= 11 is 0. The molecular weight excluding hydrogens is 280 g/mol. The molecular formula is C17H18N2O3. The molecule has 0 amide bonds. The van der Waals surface area contributed by atoms with Gasteiger partial charge in [0.05, 0.1) is 18.1 Å². The molecule has 1 heterocycles. The Bertz CT molecular complexity index is 728. The predicted octanol–water partition coefficient (Wildman–Crippen LogP) is 3.15. The molecule has 1 aliphatic heterocycles. The number of benzene rings is 2. The van der Waals surface area contributed by atoms with E-state index in [9.17, 15) is 10.1 Å². The molecule has 0 aliphatic carbocycles. The summed E-state index contributed by atoms with van der Waals surface area (Å²) < 4.78 is 5.29. The number of nitro benzene ring substituents is 1. The van der Waals surface area contributed by atoms with E-state index in [-0.39, 0.29) is 16.7 Å². The van der Waals surface area contributed by atoms with Crippen LogP contribution in [0.4, 0.5) is 5.69 Å². The van der Waals surface area contributed by atoms with Gasteiger partial charge >= 0.3 is 0 Å². The Morgan fingerprint density at radius 3 is 2.77 bits per heavy atom. The summed E-state index contributed by atoms with van der Waals surface area (Å²) in [5.74, 6) is 0.860. The first-order valence-corrected chi connectivity index (χ1v) is 7.25. The molecule has 22 heavy (non-hydrogen) atoms. The van der Waals surface area contributed by atoms with Gasteiger partial charge in [-0.05, 0) is 48.2 Å². The van der Waals surface area contributed by atoms with Gasteiger partial charge in [0.15, 0.2) is 0 Å². The van der Waals surface area contributed by atoms with Gasteiger partial charge in [0.1, 0.15) is 5.75 Å². The minimum atomic E-state index is -0.341. The summed E-state index contributed by atoms with van der Waals surface area (Å²) in [5, 5.41) is 14.4. The lowest BCUT2D eigenvalue weighted by molar-refractivity contribution is -0.385. The van der Waals surface area contributed by atoms with Crippen LogP contribution in [0.3, 0.4) is 0 Å². The second-order valence-electron chi connectivity index (χ2n) is 5.50. The van der Waals surface area contributed by atoms with E-state index in [4.69, 9.17) is 4.74 Å². The van der Waals surface area contributed by atoms with Crippen LogP contribution in [-0.4, -0.2) is 18.6 Å².